The molecule has 28 heavy (non-hydrogen) atoms. The Labute approximate surface area is 161 Å². The normalized spacial score (nSPS) is 18.7. The molecule has 1 saturated heterocycles. The van der Waals surface area contributed by atoms with Crippen molar-refractivity contribution in [2.75, 3.05) is 13.2 Å². The number of hydrogen-bond donors (Lipinski definition) is 2. The fourth-order valence-electron chi connectivity index (χ4n) is 3.92. The molecule has 2 aromatic carbocycles. The maximum Gasteiger partial charge on any atom is 0.407 e. The zero-order valence-corrected chi connectivity index (χ0v) is 15.0. The summed E-state index contributed by atoms with van der Waals surface area (Å²) in [7, 11) is 0. The first kappa shape index (κ1) is 18.0. The molecule has 7 nitrogen and oxygen atoms in total. The van der Waals surface area contributed by atoms with Crippen molar-refractivity contribution in [3.8, 4) is 11.1 Å². The third-order valence-electron chi connectivity index (χ3n) is 5.26. The van der Waals surface area contributed by atoms with Crippen molar-refractivity contribution in [1.82, 2.24) is 5.32 Å². The summed E-state index contributed by atoms with van der Waals surface area (Å²) in [6, 6.07) is 14.5. The summed E-state index contributed by atoms with van der Waals surface area (Å²) < 4.78 is 10.2. The fraction of sp³-hybridized carbons (Fsp3) is 0.286. The van der Waals surface area contributed by atoms with E-state index in [1.807, 2.05) is 48.5 Å². The van der Waals surface area contributed by atoms with Crippen LogP contribution in [0.4, 0.5) is 4.79 Å². The Hall–Kier alpha value is -3.35. The van der Waals surface area contributed by atoms with E-state index in [0.29, 0.717) is 0 Å². The molecule has 0 aromatic heterocycles. The van der Waals surface area contributed by atoms with Crippen LogP contribution in [0.25, 0.3) is 11.1 Å². The zero-order valence-electron chi connectivity index (χ0n) is 15.0. The van der Waals surface area contributed by atoms with Crippen molar-refractivity contribution in [3.05, 3.63) is 59.7 Å². The number of ether oxygens (including phenoxy) is 2. The topological polar surface area (TPSA) is 102 Å². The van der Waals surface area contributed by atoms with Crippen molar-refractivity contribution in [3.63, 3.8) is 0 Å². The number of carbonyl (C=O) groups is 3. The average molecular weight is 381 g/mol. The fourth-order valence-corrected chi connectivity index (χ4v) is 3.92. The van der Waals surface area contributed by atoms with Crippen LogP contribution in [0.1, 0.15) is 23.5 Å². The van der Waals surface area contributed by atoms with Gasteiger partial charge in [0.25, 0.3) is 0 Å². The largest absolute Gasteiger partial charge is 0.480 e. The van der Waals surface area contributed by atoms with Crippen LogP contribution in [0, 0.1) is 5.92 Å². The molecule has 144 valence electrons. The summed E-state index contributed by atoms with van der Waals surface area (Å²) in [5.41, 5.74) is 4.32. The van der Waals surface area contributed by atoms with E-state index in [-0.39, 0.29) is 25.6 Å². The van der Waals surface area contributed by atoms with Gasteiger partial charge in [0, 0.05) is 5.92 Å². The summed E-state index contributed by atoms with van der Waals surface area (Å²) in [5.74, 6) is -2.94. The SMILES string of the molecule is O=C(N[C@H](C(=O)O)[C@H]1CCOC1=O)OCC1c2ccccc2-c2ccccc21. The molecule has 2 N–H and O–H groups in total. The Morgan fingerprint density at radius 1 is 1.11 bits per heavy atom. The lowest BCUT2D eigenvalue weighted by molar-refractivity contribution is -0.148. The monoisotopic (exact) mass is 381 g/mol. The molecule has 2 aromatic rings. The molecule has 0 unspecified atom stereocenters. The molecule has 0 saturated carbocycles. The first-order valence-corrected chi connectivity index (χ1v) is 9.07. The first-order valence-electron chi connectivity index (χ1n) is 9.07. The van der Waals surface area contributed by atoms with E-state index in [1.54, 1.807) is 0 Å². The van der Waals surface area contributed by atoms with Crippen molar-refractivity contribution in [2.45, 2.75) is 18.4 Å². The number of carboxylic acids is 1. The summed E-state index contributed by atoms with van der Waals surface area (Å²) in [6.07, 6.45) is -0.617. The second-order valence-corrected chi connectivity index (χ2v) is 6.85. The van der Waals surface area contributed by atoms with Gasteiger partial charge in [-0.3, -0.25) is 4.79 Å². The van der Waals surface area contributed by atoms with Gasteiger partial charge in [-0.25, -0.2) is 9.59 Å². The Kier molecular flexibility index (Phi) is 4.73. The summed E-state index contributed by atoms with van der Waals surface area (Å²) >= 11 is 0. The maximum atomic E-state index is 12.3. The van der Waals surface area contributed by atoms with Crippen LogP contribution in [-0.4, -0.2) is 42.4 Å². The second-order valence-electron chi connectivity index (χ2n) is 6.85. The van der Waals surface area contributed by atoms with Crippen LogP contribution < -0.4 is 5.32 Å². The van der Waals surface area contributed by atoms with E-state index < -0.39 is 30.0 Å². The third kappa shape index (κ3) is 3.19. The minimum absolute atomic E-state index is 0.0707. The van der Waals surface area contributed by atoms with Crippen LogP contribution in [0.5, 0.6) is 0 Å². The number of esters is 1. The Morgan fingerprint density at radius 3 is 2.25 bits per heavy atom. The predicted octanol–water partition coefficient (Wildman–Crippen LogP) is 2.54. The predicted molar refractivity (Wildman–Crippen MR) is 98.7 cm³/mol. The number of aliphatic carboxylic acids is 1. The van der Waals surface area contributed by atoms with Crippen molar-refractivity contribution < 1.29 is 29.0 Å². The lowest BCUT2D eigenvalue weighted by Crippen LogP contribution is -2.47. The van der Waals surface area contributed by atoms with Crippen molar-refractivity contribution in [2.24, 2.45) is 5.92 Å². The highest BCUT2D eigenvalue weighted by atomic mass is 16.6. The Balaban J connectivity index is 1.46. The Bertz CT molecular complexity index is 894. The van der Waals surface area contributed by atoms with Gasteiger partial charge in [-0.2, -0.15) is 0 Å². The number of alkyl carbamates (subject to hydrolysis) is 1. The smallest absolute Gasteiger partial charge is 0.407 e. The molecule has 0 bridgehead atoms. The molecule has 1 fully saturated rings. The van der Waals surface area contributed by atoms with Crippen LogP contribution in [0.15, 0.2) is 48.5 Å². The number of fused-ring (bicyclic) bond motifs is 3. The van der Waals surface area contributed by atoms with Gasteiger partial charge in [-0.05, 0) is 28.7 Å². The lowest BCUT2D eigenvalue weighted by atomic mass is 9.98. The van der Waals surface area contributed by atoms with Gasteiger partial charge in [-0.15, -0.1) is 0 Å². The number of carboxylic acid groups (broad SMARTS) is 1. The third-order valence-corrected chi connectivity index (χ3v) is 5.26. The van der Waals surface area contributed by atoms with E-state index in [1.165, 1.54) is 0 Å². The van der Waals surface area contributed by atoms with Gasteiger partial charge in [0.05, 0.1) is 12.5 Å². The molecule has 1 heterocycles. The highest BCUT2D eigenvalue weighted by Crippen LogP contribution is 2.44. The quantitative estimate of drug-likeness (QED) is 0.772. The number of rotatable bonds is 5. The van der Waals surface area contributed by atoms with Gasteiger partial charge in [0.1, 0.15) is 12.6 Å². The standard InChI is InChI=1S/C21H19NO6/c23-19(24)18(16-9-10-27-20(16)25)22-21(26)28-11-17-14-7-3-1-5-12(14)13-6-2-4-8-15(13)17/h1-8,16-18H,9-11H2,(H,22,26)(H,23,24)/t16-,18+/m1/s1. The average Bonchev–Trinajstić information content (AvgIpc) is 3.25. The zero-order chi connectivity index (χ0) is 19.7. The molecular weight excluding hydrogens is 362 g/mol. The van der Waals surface area contributed by atoms with E-state index in [2.05, 4.69) is 5.32 Å². The maximum absolute atomic E-state index is 12.3. The first-order chi connectivity index (χ1) is 13.6. The highest BCUT2D eigenvalue weighted by Gasteiger charge is 2.40. The number of nitrogens with one attached hydrogen (secondary N) is 1. The summed E-state index contributed by atoms with van der Waals surface area (Å²) in [6.45, 7) is 0.223. The number of benzene rings is 2. The van der Waals surface area contributed by atoms with Gasteiger partial charge < -0.3 is 19.9 Å². The molecule has 2 atom stereocenters. The van der Waals surface area contributed by atoms with Gasteiger partial charge in [-0.1, -0.05) is 48.5 Å². The lowest BCUT2D eigenvalue weighted by Gasteiger charge is -2.19. The van der Waals surface area contributed by atoms with Gasteiger partial charge in [0.2, 0.25) is 0 Å². The Morgan fingerprint density at radius 2 is 1.71 bits per heavy atom. The minimum atomic E-state index is -1.37. The molecule has 2 aliphatic rings. The van der Waals surface area contributed by atoms with Crippen molar-refractivity contribution >= 4 is 18.0 Å². The van der Waals surface area contributed by atoms with Crippen LogP contribution in [-0.2, 0) is 19.1 Å². The van der Waals surface area contributed by atoms with Crippen LogP contribution in [0.3, 0.4) is 0 Å². The number of cyclic esters (lactones) is 1. The summed E-state index contributed by atoms with van der Waals surface area (Å²) in [5, 5.41) is 11.7. The molecule has 1 aliphatic heterocycles. The number of carbonyl (C=O) groups excluding carboxylic acids is 2. The van der Waals surface area contributed by atoms with E-state index in [9.17, 15) is 19.5 Å². The molecule has 0 spiro atoms. The molecule has 7 heteroatoms. The number of hydrogen-bond acceptors (Lipinski definition) is 5. The van der Waals surface area contributed by atoms with Gasteiger partial charge in [0.15, 0.2) is 0 Å². The van der Waals surface area contributed by atoms with Crippen LogP contribution >= 0.6 is 0 Å². The molecular formula is C21H19NO6. The minimum Gasteiger partial charge on any atom is -0.480 e. The highest BCUT2D eigenvalue weighted by molar-refractivity contribution is 5.87. The molecule has 1 aliphatic carbocycles. The second kappa shape index (κ2) is 7.34. The molecule has 0 radical (unpaired) electrons. The van der Waals surface area contributed by atoms with Gasteiger partial charge >= 0.3 is 18.0 Å². The molecule has 1 amide bonds. The summed E-state index contributed by atoms with van der Waals surface area (Å²) in [4.78, 5) is 35.4. The van der Waals surface area contributed by atoms with Crippen LogP contribution in [0.2, 0.25) is 0 Å². The van der Waals surface area contributed by atoms with Crippen molar-refractivity contribution in [1.29, 1.82) is 0 Å². The van der Waals surface area contributed by atoms with E-state index in [4.69, 9.17) is 9.47 Å². The van der Waals surface area contributed by atoms with E-state index >= 15 is 0 Å². The van der Waals surface area contributed by atoms with E-state index in [0.717, 1.165) is 22.3 Å². The molecule has 4 rings (SSSR count). The number of amides is 1.